The van der Waals surface area contributed by atoms with Crippen molar-refractivity contribution in [2.24, 2.45) is 7.05 Å². The number of thiophene rings is 1. The molecule has 0 aliphatic carbocycles. The van der Waals surface area contributed by atoms with Gasteiger partial charge >= 0.3 is 5.69 Å². The smallest absolute Gasteiger partial charge is 0.329 e. The third-order valence-electron chi connectivity index (χ3n) is 11.3. The topological polar surface area (TPSA) is 137 Å². The van der Waals surface area contributed by atoms with Crippen LogP contribution in [0.25, 0.3) is 32.0 Å². The summed E-state index contributed by atoms with van der Waals surface area (Å²) in [6.07, 6.45) is 2.71. The van der Waals surface area contributed by atoms with Gasteiger partial charge in [-0.15, -0.1) is 11.3 Å². The summed E-state index contributed by atoms with van der Waals surface area (Å²) in [5, 5.41) is 11.1. The van der Waals surface area contributed by atoms with Crippen LogP contribution in [0, 0.1) is 0 Å². The third-order valence-corrected chi connectivity index (χ3v) is 12.4. The van der Waals surface area contributed by atoms with Gasteiger partial charge in [0.05, 0.1) is 22.2 Å². The van der Waals surface area contributed by atoms with Crippen LogP contribution in [0.3, 0.4) is 0 Å². The number of nitrogens with zero attached hydrogens (tertiary/aromatic N) is 6. The molecule has 0 bridgehead atoms. The Kier molecular flexibility index (Phi) is 7.76. The molecule has 2 aromatic carbocycles. The molecule has 1 unspecified atom stereocenters. The van der Waals surface area contributed by atoms with Gasteiger partial charge in [-0.05, 0) is 68.7 Å². The summed E-state index contributed by atoms with van der Waals surface area (Å²) in [7, 11) is 1.74. The van der Waals surface area contributed by atoms with Gasteiger partial charge in [0, 0.05) is 92.5 Å². The van der Waals surface area contributed by atoms with E-state index >= 15 is 0 Å². The molecule has 4 aliphatic rings. The number of benzene rings is 2. The van der Waals surface area contributed by atoms with Crippen LogP contribution >= 0.6 is 11.3 Å². The molecule has 0 spiro atoms. The maximum Gasteiger partial charge on any atom is 0.329 e. The van der Waals surface area contributed by atoms with Crippen LogP contribution in [0.15, 0.2) is 47.3 Å². The second kappa shape index (κ2) is 12.4. The number of amides is 3. The second-order valence-electron chi connectivity index (χ2n) is 14.3. The lowest BCUT2D eigenvalue weighted by Crippen LogP contribution is -2.53. The number of piperazine rings is 1. The van der Waals surface area contributed by atoms with Crippen molar-refractivity contribution in [3.8, 4) is 0 Å². The molecular weight excluding hydrogens is 667 g/mol. The van der Waals surface area contributed by atoms with Gasteiger partial charge in [-0.2, -0.15) is 0 Å². The summed E-state index contributed by atoms with van der Waals surface area (Å²) < 4.78 is 4.23. The number of fused-ring (bicyclic) bond motifs is 6. The molecule has 4 aliphatic heterocycles. The molecule has 7 heterocycles. The Morgan fingerprint density at radius 3 is 2.45 bits per heavy atom. The van der Waals surface area contributed by atoms with Crippen LogP contribution in [0.5, 0.6) is 0 Å². The Balaban J connectivity index is 0.851. The number of aromatic nitrogens is 3. The lowest BCUT2D eigenvalue weighted by Gasteiger charge is -2.43. The Hall–Kier alpha value is -4.95. The van der Waals surface area contributed by atoms with Crippen LogP contribution < -0.4 is 31.4 Å². The van der Waals surface area contributed by atoms with Gasteiger partial charge in [0.2, 0.25) is 11.8 Å². The Bertz CT molecular complexity index is 2290. The van der Waals surface area contributed by atoms with E-state index in [4.69, 9.17) is 4.98 Å². The maximum atomic E-state index is 13.2. The molecule has 2 atom stereocenters. The minimum Gasteiger partial charge on any atom is -0.381 e. The molecule has 5 aromatic rings. The fourth-order valence-electron chi connectivity index (χ4n) is 8.47. The van der Waals surface area contributed by atoms with Crippen LogP contribution in [0.2, 0.25) is 0 Å². The van der Waals surface area contributed by atoms with Crippen LogP contribution in [0.1, 0.15) is 48.3 Å². The summed E-state index contributed by atoms with van der Waals surface area (Å²) in [6, 6.07) is 14.4. The van der Waals surface area contributed by atoms with Crippen LogP contribution in [-0.2, 0) is 16.6 Å². The number of nitrogens with one attached hydrogen (secondary N) is 3. The molecule has 3 N–H and O–H groups in total. The number of aryl methyl sites for hydroxylation is 1. The van der Waals surface area contributed by atoms with E-state index in [1.165, 1.54) is 15.9 Å². The highest BCUT2D eigenvalue weighted by Gasteiger charge is 2.33. The molecule has 3 saturated heterocycles. The summed E-state index contributed by atoms with van der Waals surface area (Å²) in [5.41, 5.74) is 4.19. The average molecular weight is 708 g/mol. The number of pyridine rings is 1. The van der Waals surface area contributed by atoms with Crippen LogP contribution in [0.4, 0.5) is 17.2 Å². The molecule has 13 nitrogen and oxygen atoms in total. The van der Waals surface area contributed by atoms with E-state index in [9.17, 15) is 19.2 Å². The first kappa shape index (κ1) is 32.0. The Morgan fingerprint density at radius 2 is 1.67 bits per heavy atom. The minimum absolute atomic E-state index is 0.0143. The van der Waals surface area contributed by atoms with Crippen molar-refractivity contribution in [2.45, 2.75) is 50.7 Å². The summed E-state index contributed by atoms with van der Waals surface area (Å²) in [4.78, 5) is 63.6. The number of carbonyl (C=O) groups excluding carboxylic acids is 3. The van der Waals surface area contributed by atoms with E-state index in [0.717, 1.165) is 101 Å². The highest BCUT2D eigenvalue weighted by Crippen LogP contribution is 2.41. The molecule has 14 heteroatoms. The van der Waals surface area contributed by atoms with Gasteiger partial charge in [-0.25, -0.2) is 9.78 Å². The summed E-state index contributed by atoms with van der Waals surface area (Å²) in [5.74, 6) is 0.277. The Labute approximate surface area is 298 Å². The number of piperidine rings is 2. The largest absolute Gasteiger partial charge is 0.381 e. The van der Waals surface area contributed by atoms with Gasteiger partial charge in [0.1, 0.15) is 16.7 Å². The molecule has 51 heavy (non-hydrogen) atoms. The lowest BCUT2D eigenvalue weighted by molar-refractivity contribution is -0.135. The van der Waals surface area contributed by atoms with E-state index in [0.29, 0.717) is 24.5 Å². The number of rotatable bonds is 4. The normalized spacial score (nSPS) is 22.3. The summed E-state index contributed by atoms with van der Waals surface area (Å²) >= 11 is 1.54. The van der Waals surface area contributed by atoms with Crippen LogP contribution in [-0.4, -0.2) is 94.6 Å². The molecule has 0 radical (unpaired) electrons. The minimum atomic E-state index is -0.684. The monoisotopic (exact) mass is 707 g/mol. The highest BCUT2D eigenvalue weighted by atomic mass is 32.1. The van der Waals surface area contributed by atoms with Crippen molar-refractivity contribution in [1.29, 1.82) is 0 Å². The van der Waals surface area contributed by atoms with Gasteiger partial charge in [-0.3, -0.25) is 33.7 Å². The highest BCUT2D eigenvalue weighted by molar-refractivity contribution is 7.21. The molecule has 9 rings (SSSR count). The molecule has 3 amide bonds. The van der Waals surface area contributed by atoms with Crippen molar-refractivity contribution in [1.82, 2.24) is 29.7 Å². The fraction of sp³-hybridized carbons (Fsp3) is 0.432. The van der Waals surface area contributed by atoms with E-state index in [-0.39, 0.29) is 30.0 Å². The number of imidazole rings is 1. The zero-order valence-corrected chi connectivity index (χ0v) is 29.6. The van der Waals surface area contributed by atoms with Crippen molar-refractivity contribution < 1.29 is 14.4 Å². The average Bonchev–Trinajstić information content (AvgIpc) is 3.60. The predicted octanol–water partition coefficient (Wildman–Crippen LogP) is 3.42. The van der Waals surface area contributed by atoms with Crippen molar-refractivity contribution >= 4 is 78.3 Å². The quantitative estimate of drug-likeness (QED) is 0.240. The van der Waals surface area contributed by atoms with E-state index in [1.54, 1.807) is 11.6 Å². The maximum absolute atomic E-state index is 13.2. The number of anilines is 3. The molecule has 3 aromatic heterocycles. The molecular formula is C37H41N9O4S. The first-order chi connectivity index (χ1) is 24.7. The SMILES string of the molecule is C[C@@H]1CNc2c(sc3ccc4nc(N5CCC(N6CCN(c7ccc8c(c7)n(C)c(=O)n8C7CCC(=O)NC7=O)CC6)CC5)ccc4c23)C(=O)N1. The van der Waals surface area contributed by atoms with E-state index < -0.39 is 11.9 Å². The van der Waals surface area contributed by atoms with Gasteiger partial charge < -0.3 is 20.4 Å². The van der Waals surface area contributed by atoms with Gasteiger partial charge in [-0.1, -0.05) is 0 Å². The number of carbonyl (C=O) groups is 3. The summed E-state index contributed by atoms with van der Waals surface area (Å²) in [6.45, 7) is 8.35. The van der Waals surface area contributed by atoms with Gasteiger partial charge in [0.15, 0.2) is 0 Å². The number of imide groups is 1. The second-order valence-corrected chi connectivity index (χ2v) is 15.4. The van der Waals surface area contributed by atoms with Crippen molar-refractivity contribution in [3.63, 3.8) is 0 Å². The first-order valence-corrected chi connectivity index (χ1v) is 18.7. The number of hydrogen-bond acceptors (Lipinski definition) is 10. The fourth-order valence-corrected chi connectivity index (χ4v) is 9.57. The molecule has 3 fully saturated rings. The van der Waals surface area contributed by atoms with Crippen molar-refractivity contribution in [2.75, 3.05) is 60.9 Å². The van der Waals surface area contributed by atoms with E-state index in [2.05, 4.69) is 61.0 Å². The van der Waals surface area contributed by atoms with E-state index in [1.807, 2.05) is 19.1 Å². The third kappa shape index (κ3) is 5.43. The molecule has 264 valence electrons. The first-order valence-electron chi connectivity index (χ1n) is 17.9. The van der Waals surface area contributed by atoms with Crippen molar-refractivity contribution in [3.05, 3.63) is 57.8 Å². The predicted molar refractivity (Wildman–Crippen MR) is 200 cm³/mol. The zero-order chi connectivity index (χ0) is 35.0. The van der Waals surface area contributed by atoms with Gasteiger partial charge in [0.25, 0.3) is 5.91 Å². The lowest BCUT2D eigenvalue weighted by atomic mass is 10.0. The standard InChI is InChI=1S/C37H41N9O4S/c1-21-20-38-33-32-24-4-9-30(40-25(24)5-8-29(32)51-34(33)36(49)39-21)45-13-11-22(12-14-45)43-15-17-44(18-16-43)23-3-6-26-28(19-23)42(2)37(50)46(26)27-7-10-31(47)41-35(27)48/h3-6,8-9,19,21-22,27,38H,7,10-18,20H2,1-2H3,(H,39,49)(H,41,47,48)/t21-,27?/m1/s1. The number of hydrogen-bond donors (Lipinski definition) is 3. The molecule has 0 saturated carbocycles. The zero-order valence-electron chi connectivity index (χ0n) is 28.8. The Morgan fingerprint density at radius 1 is 0.863 bits per heavy atom.